The molecule has 2 aromatic rings. The summed E-state index contributed by atoms with van der Waals surface area (Å²) < 4.78 is 0. The Labute approximate surface area is 107 Å². The molecule has 1 aromatic carbocycles. The molecule has 0 aliphatic rings. The number of para-hydroxylation sites is 1. The van der Waals surface area contributed by atoms with Crippen molar-refractivity contribution in [2.75, 3.05) is 11.4 Å². The standard InChI is InChI=1S/C14H14N4/c15-8-4-11-18(13-6-2-1-3-7-13)12-14-16-9-5-10-17-14/h1-3,5-7,9-10H,4,11-12H2. The molecular weight excluding hydrogens is 224 g/mol. The van der Waals surface area contributed by atoms with Crippen LogP contribution in [-0.2, 0) is 6.54 Å². The summed E-state index contributed by atoms with van der Waals surface area (Å²) in [5.74, 6) is 0.763. The average Bonchev–Trinajstić information content (AvgIpc) is 2.45. The van der Waals surface area contributed by atoms with Gasteiger partial charge >= 0.3 is 0 Å². The summed E-state index contributed by atoms with van der Waals surface area (Å²) in [6, 6.07) is 14.0. The zero-order chi connectivity index (χ0) is 12.6. The smallest absolute Gasteiger partial charge is 0.147 e. The molecule has 0 radical (unpaired) electrons. The lowest BCUT2D eigenvalue weighted by Gasteiger charge is -2.22. The van der Waals surface area contributed by atoms with E-state index >= 15 is 0 Å². The van der Waals surface area contributed by atoms with Gasteiger partial charge in [-0.25, -0.2) is 9.97 Å². The molecule has 0 amide bonds. The van der Waals surface area contributed by atoms with Crippen LogP contribution in [0.4, 0.5) is 5.69 Å². The van der Waals surface area contributed by atoms with Crippen molar-refractivity contribution in [2.45, 2.75) is 13.0 Å². The number of benzene rings is 1. The Kier molecular flexibility index (Phi) is 4.26. The summed E-state index contributed by atoms with van der Waals surface area (Å²) in [6.45, 7) is 1.30. The molecule has 0 aliphatic heterocycles. The largest absolute Gasteiger partial charge is 0.363 e. The first-order valence-corrected chi connectivity index (χ1v) is 5.83. The minimum absolute atomic E-state index is 0.488. The molecule has 0 saturated carbocycles. The molecule has 0 N–H and O–H groups in total. The third-order valence-corrected chi connectivity index (χ3v) is 2.57. The molecule has 0 fully saturated rings. The number of aromatic nitrogens is 2. The third-order valence-electron chi connectivity index (χ3n) is 2.57. The Morgan fingerprint density at radius 2 is 1.78 bits per heavy atom. The Morgan fingerprint density at radius 3 is 2.44 bits per heavy atom. The van der Waals surface area contributed by atoms with Gasteiger partial charge in [0.2, 0.25) is 0 Å². The summed E-state index contributed by atoms with van der Waals surface area (Å²) in [6.07, 6.45) is 3.95. The fourth-order valence-corrected chi connectivity index (χ4v) is 1.71. The number of anilines is 1. The van der Waals surface area contributed by atoms with E-state index in [1.807, 2.05) is 30.3 Å². The molecule has 0 bridgehead atoms. The topological polar surface area (TPSA) is 52.8 Å². The second-order valence-electron chi connectivity index (χ2n) is 3.83. The van der Waals surface area contributed by atoms with Gasteiger partial charge in [0.1, 0.15) is 5.82 Å². The van der Waals surface area contributed by atoms with E-state index in [1.165, 1.54) is 0 Å². The van der Waals surface area contributed by atoms with Gasteiger partial charge in [0.15, 0.2) is 0 Å². The zero-order valence-electron chi connectivity index (χ0n) is 10.0. The second-order valence-corrected chi connectivity index (χ2v) is 3.83. The molecule has 0 aliphatic carbocycles. The quantitative estimate of drug-likeness (QED) is 0.802. The van der Waals surface area contributed by atoms with Crippen LogP contribution in [0.15, 0.2) is 48.8 Å². The molecule has 18 heavy (non-hydrogen) atoms. The predicted molar refractivity (Wildman–Crippen MR) is 69.8 cm³/mol. The lowest BCUT2D eigenvalue weighted by Crippen LogP contribution is -2.24. The minimum Gasteiger partial charge on any atom is -0.363 e. The van der Waals surface area contributed by atoms with Crippen LogP contribution in [0, 0.1) is 11.3 Å². The number of hydrogen-bond acceptors (Lipinski definition) is 4. The van der Waals surface area contributed by atoms with Gasteiger partial charge in [-0.05, 0) is 18.2 Å². The highest BCUT2D eigenvalue weighted by molar-refractivity contribution is 5.46. The van der Waals surface area contributed by atoms with Gasteiger partial charge in [-0.3, -0.25) is 0 Å². The van der Waals surface area contributed by atoms with Crippen LogP contribution in [-0.4, -0.2) is 16.5 Å². The average molecular weight is 238 g/mol. The Bertz CT molecular complexity index is 504. The molecule has 4 nitrogen and oxygen atoms in total. The van der Waals surface area contributed by atoms with E-state index in [0.717, 1.165) is 11.5 Å². The molecule has 2 rings (SSSR count). The molecular formula is C14H14N4. The molecule has 0 atom stereocenters. The van der Waals surface area contributed by atoms with Crippen molar-refractivity contribution in [3.8, 4) is 6.07 Å². The van der Waals surface area contributed by atoms with Gasteiger partial charge in [0, 0.05) is 24.6 Å². The van der Waals surface area contributed by atoms with E-state index in [-0.39, 0.29) is 0 Å². The first kappa shape index (κ1) is 12.1. The highest BCUT2D eigenvalue weighted by atomic mass is 15.1. The van der Waals surface area contributed by atoms with E-state index in [1.54, 1.807) is 18.5 Å². The fraction of sp³-hybridized carbons (Fsp3) is 0.214. The van der Waals surface area contributed by atoms with Gasteiger partial charge in [0.25, 0.3) is 0 Å². The summed E-state index contributed by atoms with van der Waals surface area (Å²) in [5, 5.41) is 8.72. The minimum atomic E-state index is 0.488. The normalized spacial score (nSPS) is 9.72. The van der Waals surface area contributed by atoms with Gasteiger partial charge in [-0.1, -0.05) is 18.2 Å². The van der Waals surface area contributed by atoms with Crippen LogP contribution in [0.25, 0.3) is 0 Å². The van der Waals surface area contributed by atoms with Crippen molar-refractivity contribution in [3.05, 3.63) is 54.6 Å². The van der Waals surface area contributed by atoms with Crippen LogP contribution in [0.3, 0.4) is 0 Å². The lowest BCUT2D eigenvalue weighted by molar-refractivity contribution is 0.757. The maximum absolute atomic E-state index is 8.72. The maximum Gasteiger partial charge on any atom is 0.147 e. The molecule has 0 unspecified atom stereocenters. The van der Waals surface area contributed by atoms with Crippen LogP contribution in [0.2, 0.25) is 0 Å². The van der Waals surface area contributed by atoms with Crippen molar-refractivity contribution in [2.24, 2.45) is 0 Å². The lowest BCUT2D eigenvalue weighted by atomic mass is 10.2. The van der Waals surface area contributed by atoms with E-state index in [9.17, 15) is 0 Å². The summed E-state index contributed by atoms with van der Waals surface area (Å²) in [4.78, 5) is 10.5. The van der Waals surface area contributed by atoms with Gasteiger partial charge < -0.3 is 4.90 Å². The first-order chi connectivity index (χ1) is 8.90. The molecule has 90 valence electrons. The Hall–Kier alpha value is -2.41. The first-order valence-electron chi connectivity index (χ1n) is 5.83. The maximum atomic E-state index is 8.72. The summed E-state index contributed by atoms with van der Waals surface area (Å²) >= 11 is 0. The van der Waals surface area contributed by atoms with Gasteiger partial charge in [0.05, 0.1) is 19.0 Å². The SMILES string of the molecule is N#CCCN(Cc1ncccn1)c1ccccc1. The summed E-state index contributed by atoms with van der Waals surface area (Å²) in [7, 11) is 0. The number of nitriles is 1. The van der Waals surface area contributed by atoms with E-state index < -0.39 is 0 Å². The van der Waals surface area contributed by atoms with E-state index in [4.69, 9.17) is 5.26 Å². The monoisotopic (exact) mass is 238 g/mol. The van der Waals surface area contributed by atoms with Crippen LogP contribution >= 0.6 is 0 Å². The van der Waals surface area contributed by atoms with Crippen molar-refractivity contribution in [1.29, 1.82) is 5.26 Å². The second kappa shape index (κ2) is 6.36. The Morgan fingerprint density at radius 1 is 1.06 bits per heavy atom. The highest BCUT2D eigenvalue weighted by Gasteiger charge is 2.07. The number of rotatable bonds is 5. The number of hydrogen-bond donors (Lipinski definition) is 0. The van der Waals surface area contributed by atoms with Crippen molar-refractivity contribution >= 4 is 5.69 Å². The van der Waals surface area contributed by atoms with E-state index in [2.05, 4.69) is 20.9 Å². The highest BCUT2D eigenvalue weighted by Crippen LogP contribution is 2.15. The van der Waals surface area contributed by atoms with Crippen LogP contribution in [0.1, 0.15) is 12.2 Å². The third kappa shape index (κ3) is 3.29. The Balaban J connectivity index is 2.14. The predicted octanol–water partition coefficient (Wildman–Crippen LogP) is 2.40. The molecule has 1 aromatic heterocycles. The van der Waals surface area contributed by atoms with Gasteiger partial charge in [-0.15, -0.1) is 0 Å². The van der Waals surface area contributed by atoms with Crippen molar-refractivity contribution < 1.29 is 0 Å². The van der Waals surface area contributed by atoms with Crippen LogP contribution in [0.5, 0.6) is 0 Å². The summed E-state index contributed by atoms with van der Waals surface area (Å²) in [5.41, 5.74) is 1.08. The van der Waals surface area contributed by atoms with E-state index in [0.29, 0.717) is 19.5 Å². The van der Waals surface area contributed by atoms with Gasteiger partial charge in [-0.2, -0.15) is 5.26 Å². The zero-order valence-corrected chi connectivity index (χ0v) is 10.0. The van der Waals surface area contributed by atoms with Crippen molar-refractivity contribution in [3.63, 3.8) is 0 Å². The molecule has 1 heterocycles. The number of nitrogens with zero attached hydrogens (tertiary/aromatic N) is 4. The fourth-order valence-electron chi connectivity index (χ4n) is 1.71. The van der Waals surface area contributed by atoms with Crippen molar-refractivity contribution in [1.82, 2.24) is 9.97 Å². The molecule has 0 spiro atoms. The molecule has 4 heteroatoms. The molecule has 0 saturated heterocycles. The van der Waals surface area contributed by atoms with Crippen LogP contribution < -0.4 is 4.90 Å².